The summed E-state index contributed by atoms with van der Waals surface area (Å²) >= 11 is 0. The Morgan fingerprint density at radius 3 is 2.38 bits per heavy atom. The van der Waals surface area contributed by atoms with Crippen molar-refractivity contribution in [3.05, 3.63) is 54.4 Å². The summed E-state index contributed by atoms with van der Waals surface area (Å²) in [5, 5.41) is 0. The standard InChI is InChI=1S/C10H7F2N/c11-8-3-4-9(12)10(7-8)13-5-1-2-6-13/h1-7H. The Morgan fingerprint density at radius 1 is 1.00 bits per heavy atom. The fourth-order valence-electron chi connectivity index (χ4n) is 1.18. The van der Waals surface area contributed by atoms with Crippen molar-refractivity contribution in [3.63, 3.8) is 0 Å². The summed E-state index contributed by atoms with van der Waals surface area (Å²) in [4.78, 5) is 0. The van der Waals surface area contributed by atoms with Crippen molar-refractivity contribution < 1.29 is 8.78 Å². The van der Waals surface area contributed by atoms with Gasteiger partial charge in [0.2, 0.25) is 0 Å². The van der Waals surface area contributed by atoms with Crippen molar-refractivity contribution in [2.75, 3.05) is 0 Å². The molecular formula is C10H7F2N. The van der Waals surface area contributed by atoms with Crippen molar-refractivity contribution in [1.82, 2.24) is 4.57 Å². The Bertz CT molecular complexity index is 407. The first-order valence-electron chi connectivity index (χ1n) is 3.86. The molecule has 0 amide bonds. The second-order valence-electron chi connectivity index (χ2n) is 2.69. The molecule has 0 radical (unpaired) electrons. The van der Waals surface area contributed by atoms with Crippen molar-refractivity contribution in [2.45, 2.75) is 0 Å². The zero-order valence-corrected chi connectivity index (χ0v) is 6.74. The number of benzene rings is 1. The fourth-order valence-corrected chi connectivity index (χ4v) is 1.18. The number of rotatable bonds is 1. The third-order valence-corrected chi connectivity index (χ3v) is 1.79. The lowest BCUT2D eigenvalue weighted by molar-refractivity contribution is 0.593. The minimum absolute atomic E-state index is 0.227. The lowest BCUT2D eigenvalue weighted by atomic mass is 10.3. The number of aromatic nitrogens is 1. The van der Waals surface area contributed by atoms with Crippen LogP contribution >= 0.6 is 0 Å². The van der Waals surface area contributed by atoms with E-state index < -0.39 is 11.6 Å². The summed E-state index contributed by atoms with van der Waals surface area (Å²) in [5.41, 5.74) is 0.227. The third kappa shape index (κ3) is 1.45. The molecule has 2 rings (SSSR count). The highest BCUT2D eigenvalue weighted by Crippen LogP contribution is 2.14. The quantitative estimate of drug-likeness (QED) is 0.634. The van der Waals surface area contributed by atoms with E-state index in [0.29, 0.717) is 0 Å². The van der Waals surface area contributed by atoms with Crippen LogP contribution in [0.1, 0.15) is 0 Å². The summed E-state index contributed by atoms with van der Waals surface area (Å²) in [6.45, 7) is 0. The molecule has 3 heteroatoms. The van der Waals surface area contributed by atoms with E-state index in [1.165, 1.54) is 4.57 Å². The van der Waals surface area contributed by atoms with Gasteiger partial charge in [-0.05, 0) is 24.3 Å². The predicted molar refractivity (Wildman–Crippen MR) is 45.7 cm³/mol. The van der Waals surface area contributed by atoms with Gasteiger partial charge in [0.1, 0.15) is 11.6 Å². The van der Waals surface area contributed by atoms with E-state index in [1.807, 2.05) is 0 Å². The maximum atomic E-state index is 13.1. The van der Waals surface area contributed by atoms with Crippen LogP contribution < -0.4 is 0 Å². The Kier molecular flexibility index (Phi) is 1.85. The highest BCUT2D eigenvalue weighted by atomic mass is 19.1. The first kappa shape index (κ1) is 7.98. The number of halogens is 2. The minimum Gasteiger partial charge on any atom is -0.321 e. The molecule has 0 N–H and O–H groups in total. The molecule has 0 aliphatic rings. The molecule has 1 aromatic heterocycles. The smallest absolute Gasteiger partial charge is 0.147 e. The summed E-state index contributed by atoms with van der Waals surface area (Å²) in [5.74, 6) is -0.872. The lowest BCUT2D eigenvalue weighted by Crippen LogP contribution is -1.94. The molecule has 0 saturated carbocycles. The number of hydrogen-bond acceptors (Lipinski definition) is 0. The predicted octanol–water partition coefficient (Wildman–Crippen LogP) is 2.76. The highest BCUT2D eigenvalue weighted by Gasteiger charge is 2.03. The monoisotopic (exact) mass is 179 g/mol. The van der Waals surface area contributed by atoms with Crippen LogP contribution in [0.5, 0.6) is 0 Å². The zero-order chi connectivity index (χ0) is 9.26. The Labute approximate surface area is 74.2 Å². The second-order valence-corrected chi connectivity index (χ2v) is 2.69. The molecule has 0 aliphatic heterocycles. The average molecular weight is 179 g/mol. The highest BCUT2D eigenvalue weighted by molar-refractivity contribution is 5.34. The van der Waals surface area contributed by atoms with Crippen LogP contribution in [0.25, 0.3) is 5.69 Å². The van der Waals surface area contributed by atoms with Gasteiger partial charge in [0.05, 0.1) is 5.69 Å². The number of hydrogen-bond donors (Lipinski definition) is 0. The van der Waals surface area contributed by atoms with E-state index in [4.69, 9.17) is 0 Å². The van der Waals surface area contributed by atoms with Gasteiger partial charge in [-0.15, -0.1) is 0 Å². The van der Waals surface area contributed by atoms with Gasteiger partial charge in [-0.2, -0.15) is 0 Å². The van der Waals surface area contributed by atoms with Gasteiger partial charge in [-0.1, -0.05) is 0 Å². The molecule has 0 fully saturated rings. The summed E-state index contributed by atoms with van der Waals surface area (Å²) in [7, 11) is 0. The van der Waals surface area contributed by atoms with Gasteiger partial charge >= 0.3 is 0 Å². The molecule has 1 heterocycles. The normalized spacial score (nSPS) is 10.3. The van der Waals surface area contributed by atoms with Crippen LogP contribution in [0.4, 0.5) is 8.78 Å². The maximum Gasteiger partial charge on any atom is 0.147 e. The van der Waals surface area contributed by atoms with E-state index in [9.17, 15) is 8.78 Å². The molecule has 13 heavy (non-hydrogen) atoms. The van der Waals surface area contributed by atoms with Crippen LogP contribution in [-0.2, 0) is 0 Å². The van der Waals surface area contributed by atoms with Crippen LogP contribution in [0, 0.1) is 11.6 Å². The maximum absolute atomic E-state index is 13.1. The molecule has 0 spiro atoms. The Balaban J connectivity index is 2.57. The molecule has 1 aromatic carbocycles. The second kappa shape index (κ2) is 3.01. The van der Waals surface area contributed by atoms with Gasteiger partial charge in [0.15, 0.2) is 0 Å². The summed E-state index contributed by atoms with van der Waals surface area (Å²) < 4.78 is 27.4. The van der Waals surface area contributed by atoms with Gasteiger partial charge < -0.3 is 4.57 Å². The summed E-state index contributed by atoms with van der Waals surface area (Å²) in [6.07, 6.45) is 3.33. The van der Waals surface area contributed by atoms with Crippen LogP contribution in [0.15, 0.2) is 42.7 Å². The van der Waals surface area contributed by atoms with Crippen LogP contribution in [0.3, 0.4) is 0 Å². The van der Waals surface area contributed by atoms with Crippen molar-refractivity contribution >= 4 is 0 Å². The molecule has 0 bridgehead atoms. The SMILES string of the molecule is Fc1ccc(F)c(-n2cccc2)c1. The van der Waals surface area contributed by atoms with E-state index in [0.717, 1.165) is 18.2 Å². The topological polar surface area (TPSA) is 4.93 Å². The first-order valence-corrected chi connectivity index (χ1v) is 3.86. The Hall–Kier alpha value is -1.64. The molecular weight excluding hydrogens is 172 g/mol. The molecule has 0 aliphatic carbocycles. The number of nitrogens with zero attached hydrogens (tertiary/aromatic N) is 1. The lowest BCUT2D eigenvalue weighted by Gasteiger charge is -2.03. The molecule has 1 nitrogen and oxygen atoms in total. The molecule has 0 saturated heterocycles. The van der Waals surface area contributed by atoms with Crippen LogP contribution in [-0.4, -0.2) is 4.57 Å². The van der Waals surface area contributed by atoms with E-state index >= 15 is 0 Å². The Morgan fingerprint density at radius 2 is 1.69 bits per heavy atom. The largest absolute Gasteiger partial charge is 0.321 e. The zero-order valence-electron chi connectivity index (χ0n) is 6.74. The molecule has 2 aromatic rings. The van der Waals surface area contributed by atoms with E-state index in [-0.39, 0.29) is 5.69 Å². The third-order valence-electron chi connectivity index (χ3n) is 1.79. The van der Waals surface area contributed by atoms with Gasteiger partial charge in [0.25, 0.3) is 0 Å². The van der Waals surface area contributed by atoms with Crippen LogP contribution in [0.2, 0.25) is 0 Å². The van der Waals surface area contributed by atoms with Crippen molar-refractivity contribution in [1.29, 1.82) is 0 Å². The fraction of sp³-hybridized carbons (Fsp3) is 0. The van der Waals surface area contributed by atoms with Crippen molar-refractivity contribution in [2.24, 2.45) is 0 Å². The van der Waals surface area contributed by atoms with E-state index in [1.54, 1.807) is 24.5 Å². The van der Waals surface area contributed by atoms with Gasteiger partial charge in [0, 0.05) is 18.5 Å². The average Bonchev–Trinajstić information content (AvgIpc) is 2.61. The van der Waals surface area contributed by atoms with Crippen molar-refractivity contribution in [3.8, 4) is 5.69 Å². The molecule has 0 atom stereocenters. The van der Waals surface area contributed by atoms with Gasteiger partial charge in [-0.3, -0.25) is 0 Å². The van der Waals surface area contributed by atoms with Gasteiger partial charge in [-0.25, -0.2) is 8.78 Å². The minimum atomic E-state index is -0.440. The van der Waals surface area contributed by atoms with E-state index in [2.05, 4.69) is 0 Å². The first-order chi connectivity index (χ1) is 6.27. The molecule has 66 valence electrons. The molecule has 0 unspecified atom stereocenters. The summed E-state index contributed by atoms with van der Waals surface area (Å²) in [6, 6.07) is 6.89.